The number of anilines is 1. The van der Waals surface area contributed by atoms with Crippen LogP contribution in [0.4, 0.5) is 10.1 Å². The highest BCUT2D eigenvalue weighted by Crippen LogP contribution is 2.26. The number of halogens is 2. The number of amides is 2. The Morgan fingerprint density at radius 3 is 2.31 bits per heavy atom. The summed E-state index contributed by atoms with van der Waals surface area (Å²) in [5.74, 6) is -1.45. The van der Waals surface area contributed by atoms with Gasteiger partial charge in [-0.15, -0.1) is 0 Å². The highest BCUT2D eigenvalue weighted by atomic mass is 79.9. The standard InChI is InChI=1S/C32H37BrFN3O4S/c1-23-19-27(17-18-28(23)33)37(42(2,40)41)22-31(38)36(21-25-13-9-10-16-29(25)34)30(20-24-11-5-3-6-12-24)32(39)35-26-14-7-4-8-15-26/h3,5-6,9-13,16-19,26,30H,4,7-8,14-15,20-22H2,1-2H3,(H,35,39). The molecular weight excluding hydrogens is 621 g/mol. The van der Waals surface area contributed by atoms with Crippen LogP contribution in [-0.4, -0.2) is 50.0 Å². The van der Waals surface area contributed by atoms with Crippen molar-refractivity contribution in [3.05, 3.63) is 99.8 Å². The molecule has 2 amide bonds. The second-order valence-electron chi connectivity index (χ2n) is 10.9. The van der Waals surface area contributed by atoms with Crippen LogP contribution < -0.4 is 9.62 Å². The lowest BCUT2D eigenvalue weighted by atomic mass is 9.94. The molecule has 0 bridgehead atoms. The summed E-state index contributed by atoms with van der Waals surface area (Å²) in [5.41, 5.74) is 2.19. The Kier molecular flexibility index (Phi) is 10.8. The van der Waals surface area contributed by atoms with Gasteiger partial charge in [-0.2, -0.15) is 0 Å². The Morgan fingerprint density at radius 2 is 1.67 bits per heavy atom. The zero-order chi connectivity index (χ0) is 30.3. The molecular formula is C32H37BrFN3O4S. The van der Waals surface area contributed by atoms with Crippen LogP contribution >= 0.6 is 15.9 Å². The Labute approximate surface area is 256 Å². The summed E-state index contributed by atoms with van der Waals surface area (Å²) in [5, 5.41) is 3.14. The number of benzene rings is 3. The monoisotopic (exact) mass is 657 g/mol. The predicted molar refractivity (Wildman–Crippen MR) is 167 cm³/mol. The van der Waals surface area contributed by atoms with E-state index in [9.17, 15) is 22.4 Å². The average Bonchev–Trinajstić information content (AvgIpc) is 2.96. The second-order valence-corrected chi connectivity index (χ2v) is 13.6. The first-order chi connectivity index (χ1) is 20.0. The van der Waals surface area contributed by atoms with E-state index >= 15 is 0 Å². The Bertz CT molecular complexity index is 1500. The van der Waals surface area contributed by atoms with Gasteiger partial charge in [-0.3, -0.25) is 13.9 Å². The number of nitrogens with zero attached hydrogens (tertiary/aromatic N) is 2. The molecule has 1 fully saturated rings. The summed E-state index contributed by atoms with van der Waals surface area (Å²) >= 11 is 3.43. The van der Waals surface area contributed by atoms with Crippen LogP contribution in [0.3, 0.4) is 0 Å². The summed E-state index contributed by atoms with van der Waals surface area (Å²) in [6.07, 6.45) is 6.09. The number of sulfonamides is 1. The van der Waals surface area contributed by atoms with E-state index in [4.69, 9.17) is 0 Å². The van der Waals surface area contributed by atoms with E-state index in [1.807, 2.05) is 37.3 Å². The fourth-order valence-electron chi connectivity index (χ4n) is 5.31. The summed E-state index contributed by atoms with van der Waals surface area (Å²) in [7, 11) is -3.89. The minimum atomic E-state index is -3.89. The van der Waals surface area contributed by atoms with Gasteiger partial charge in [0.2, 0.25) is 21.8 Å². The average molecular weight is 659 g/mol. The molecule has 7 nitrogen and oxygen atoms in total. The molecule has 0 radical (unpaired) electrons. The van der Waals surface area contributed by atoms with Crippen molar-refractivity contribution in [3.63, 3.8) is 0 Å². The van der Waals surface area contributed by atoms with E-state index in [1.165, 1.54) is 11.0 Å². The van der Waals surface area contributed by atoms with Gasteiger partial charge in [0, 0.05) is 29.0 Å². The molecule has 1 aliphatic carbocycles. The van der Waals surface area contributed by atoms with Gasteiger partial charge in [-0.25, -0.2) is 12.8 Å². The zero-order valence-electron chi connectivity index (χ0n) is 23.9. The second kappa shape index (κ2) is 14.3. The minimum absolute atomic E-state index is 0.00630. The van der Waals surface area contributed by atoms with E-state index < -0.39 is 34.3 Å². The van der Waals surface area contributed by atoms with Crippen LogP contribution in [0, 0.1) is 12.7 Å². The van der Waals surface area contributed by atoms with E-state index in [0.717, 1.165) is 58.3 Å². The quantitative estimate of drug-likeness (QED) is 0.284. The molecule has 1 N–H and O–H groups in total. The molecule has 42 heavy (non-hydrogen) atoms. The summed E-state index contributed by atoms with van der Waals surface area (Å²) in [4.78, 5) is 29.4. The molecule has 0 heterocycles. The lowest BCUT2D eigenvalue weighted by Crippen LogP contribution is -2.55. The number of aryl methyl sites for hydroxylation is 1. The molecule has 0 aliphatic heterocycles. The number of hydrogen-bond acceptors (Lipinski definition) is 4. The molecule has 0 saturated heterocycles. The van der Waals surface area contributed by atoms with Crippen molar-refractivity contribution < 1.29 is 22.4 Å². The number of carbonyl (C=O) groups is 2. The Balaban J connectivity index is 1.74. The normalized spacial score (nSPS) is 14.7. The van der Waals surface area contributed by atoms with E-state index in [2.05, 4.69) is 21.2 Å². The summed E-state index contributed by atoms with van der Waals surface area (Å²) < 4.78 is 42.7. The molecule has 1 atom stereocenters. The number of nitrogens with one attached hydrogen (secondary N) is 1. The van der Waals surface area contributed by atoms with Gasteiger partial charge in [0.25, 0.3) is 0 Å². The molecule has 3 aromatic rings. The smallest absolute Gasteiger partial charge is 0.244 e. The van der Waals surface area contributed by atoms with Crippen molar-refractivity contribution in [2.45, 2.75) is 64.1 Å². The van der Waals surface area contributed by atoms with E-state index in [0.29, 0.717) is 5.69 Å². The van der Waals surface area contributed by atoms with Gasteiger partial charge in [-0.05, 0) is 55.2 Å². The maximum Gasteiger partial charge on any atom is 0.244 e. The molecule has 0 spiro atoms. The van der Waals surface area contributed by atoms with Crippen LogP contribution in [0.25, 0.3) is 0 Å². The molecule has 4 rings (SSSR count). The lowest BCUT2D eigenvalue weighted by Gasteiger charge is -2.35. The fourth-order valence-corrected chi connectivity index (χ4v) is 6.39. The largest absolute Gasteiger partial charge is 0.352 e. The van der Waals surface area contributed by atoms with E-state index in [-0.39, 0.29) is 30.5 Å². The van der Waals surface area contributed by atoms with Gasteiger partial charge < -0.3 is 10.2 Å². The lowest BCUT2D eigenvalue weighted by molar-refractivity contribution is -0.140. The first-order valence-electron chi connectivity index (χ1n) is 14.1. The topological polar surface area (TPSA) is 86.8 Å². The van der Waals surface area contributed by atoms with Crippen LogP contribution in [0.5, 0.6) is 0 Å². The molecule has 0 aromatic heterocycles. The molecule has 3 aromatic carbocycles. The van der Waals surface area contributed by atoms with Gasteiger partial charge in [-0.1, -0.05) is 83.7 Å². The fraction of sp³-hybridized carbons (Fsp3) is 0.375. The predicted octanol–water partition coefficient (Wildman–Crippen LogP) is 5.75. The van der Waals surface area contributed by atoms with Crippen molar-refractivity contribution in [1.82, 2.24) is 10.2 Å². The highest BCUT2D eigenvalue weighted by Gasteiger charge is 2.34. The number of carbonyl (C=O) groups excluding carboxylic acids is 2. The third-order valence-electron chi connectivity index (χ3n) is 7.63. The highest BCUT2D eigenvalue weighted by molar-refractivity contribution is 9.10. The third-order valence-corrected chi connectivity index (χ3v) is 9.66. The van der Waals surface area contributed by atoms with E-state index in [1.54, 1.807) is 36.4 Å². The Morgan fingerprint density at radius 1 is 1.00 bits per heavy atom. The van der Waals surface area contributed by atoms with Gasteiger partial charge >= 0.3 is 0 Å². The van der Waals surface area contributed by atoms with Gasteiger partial charge in [0.1, 0.15) is 18.4 Å². The van der Waals surface area contributed by atoms with Crippen LogP contribution in [0.15, 0.2) is 77.3 Å². The summed E-state index contributed by atoms with van der Waals surface area (Å²) in [6.45, 7) is 1.08. The third kappa shape index (κ3) is 8.41. The molecule has 1 saturated carbocycles. The molecule has 1 aliphatic rings. The zero-order valence-corrected chi connectivity index (χ0v) is 26.3. The number of rotatable bonds is 11. The van der Waals surface area contributed by atoms with Crippen molar-refractivity contribution in [3.8, 4) is 0 Å². The molecule has 10 heteroatoms. The number of hydrogen-bond donors (Lipinski definition) is 1. The minimum Gasteiger partial charge on any atom is -0.352 e. The van der Waals surface area contributed by atoms with Gasteiger partial charge in [0.05, 0.1) is 11.9 Å². The molecule has 224 valence electrons. The van der Waals surface area contributed by atoms with Crippen LogP contribution in [0.1, 0.15) is 48.8 Å². The van der Waals surface area contributed by atoms with Crippen LogP contribution in [-0.2, 0) is 32.6 Å². The van der Waals surface area contributed by atoms with Crippen molar-refractivity contribution in [2.24, 2.45) is 0 Å². The first-order valence-corrected chi connectivity index (χ1v) is 16.8. The summed E-state index contributed by atoms with van der Waals surface area (Å²) in [6, 6.07) is 19.5. The van der Waals surface area contributed by atoms with Crippen LogP contribution in [0.2, 0.25) is 0 Å². The van der Waals surface area contributed by atoms with Gasteiger partial charge in [0.15, 0.2) is 0 Å². The SMILES string of the molecule is Cc1cc(N(CC(=O)N(Cc2ccccc2F)C(Cc2ccccc2)C(=O)NC2CCCCC2)S(C)(=O)=O)ccc1Br. The van der Waals surface area contributed by atoms with Crippen molar-refractivity contribution >= 4 is 43.5 Å². The Hall–Kier alpha value is -3.24. The molecule has 1 unspecified atom stereocenters. The maximum atomic E-state index is 14.9. The maximum absolute atomic E-state index is 14.9. The van der Waals surface area contributed by atoms with Crippen molar-refractivity contribution in [2.75, 3.05) is 17.1 Å². The first kappa shape index (κ1) is 31.7. The van der Waals surface area contributed by atoms with Crippen molar-refractivity contribution in [1.29, 1.82) is 0 Å².